The summed E-state index contributed by atoms with van der Waals surface area (Å²) in [7, 11) is 0. The Morgan fingerprint density at radius 3 is 2.07 bits per heavy atom. The number of nitrogens with zero attached hydrogens (tertiary/aromatic N) is 3. The van der Waals surface area contributed by atoms with E-state index in [1.54, 1.807) is 0 Å². The van der Waals surface area contributed by atoms with Crippen LogP contribution >= 0.6 is 0 Å². The average Bonchev–Trinajstić information content (AvgIpc) is 3.77. The van der Waals surface area contributed by atoms with E-state index in [1.807, 2.05) is 35.2 Å². The molecule has 1 saturated carbocycles. The molecule has 5 nitrogen and oxygen atoms in total. The fourth-order valence-corrected chi connectivity index (χ4v) is 6.98. The third-order valence-electron chi connectivity index (χ3n) is 9.68. The highest BCUT2D eigenvalue weighted by Crippen LogP contribution is 2.42. The van der Waals surface area contributed by atoms with Crippen LogP contribution in [0.2, 0.25) is 0 Å². The first-order valence-electron chi connectivity index (χ1n) is 15.2. The molecule has 236 valence electrons. The highest BCUT2D eigenvalue weighted by Gasteiger charge is 2.44. The van der Waals surface area contributed by atoms with Crippen LogP contribution in [0.1, 0.15) is 65.6 Å². The number of hydrogen-bond donors (Lipinski definition) is 0. The summed E-state index contributed by atoms with van der Waals surface area (Å²) in [4.78, 5) is 32.0. The molecule has 44 heavy (non-hydrogen) atoms. The number of benzene rings is 2. The molecule has 11 heteroatoms. The van der Waals surface area contributed by atoms with Crippen LogP contribution in [-0.2, 0) is 23.6 Å². The molecule has 0 radical (unpaired) electrons. The first-order chi connectivity index (χ1) is 20.8. The lowest BCUT2D eigenvalue weighted by Crippen LogP contribution is -2.53. The number of rotatable bonds is 5. The maximum absolute atomic E-state index is 13.7. The third kappa shape index (κ3) is 6.47. The zero-order valence-electron chi connectivity index (χ0n) is 24.2. The maximum Gasteiger partial charge on any atom is 0.416 e. The summed E-state index contributed by atoms with van der Waals surface area (Å²) in [6, 6.07) is 10.1. The van der Waals surface area contributed by atoms with Gasteiger partial charge in [-0.1, -0.05) is 36.4 Å². The van der Waals surface area contributed by atoms with Crippen molar-refractivity contribution in [2.75, 3.05) is 26.2 Å². The van der Waals surface area contributed by atoms with Crippen molar-refractivity contribution in [1.29, 1.82) is 0 Å². The van der Waals surface area contributed by atoms with Crippen LogP contribution in [0.3, 0.4) is 0 Å². The number of alkyl halides is 6. The first-order valence-corrected chi connectivity index (χ1v) is 15.2. The van der Waals surface area contributed by atoms with Gasteiger partial charge in [-0.15, -0.1) is 0 Å². The molecule has 3 aliphatic heterocycles. The van der Waals surface area contributed by atoms with E-state index >= 15 is 0 Å². The van der Waals surface area contributed by atoms with E-state index in [9.17, 15) is 35.9 Å². The van der Waals surface area contributed by atoms with Crippen LogP contribution in [0.15, 0.2) is 60.8 Å². The second-order valence-corrected chi connectivity index (χ2v) is 12.8. The summed E-state index contributed by atoms with van der Waals surface area (Å²) in [5.41, 5.74) is -2.72. The van der Waals surface area contributed by atoms with Crippen LogP contribution in [0.5, 0.6) is 0 Å². The van der Waals surface area contributed by atoms with Crippen LogP contribution in [0.25, 0.3) is 0 Å². The molecular weight excluding hydrogens is 584 g/mol. The summed E-state index contributed by atoms with van der Waals surface area (Å²) < 4.78 is 81.3. The van der Waals surface area contributed by atoms with Gasteiger partial charge in [0.25, 0.3) is 5.91 Å². The molecule has 2 atom stereocenters. The van der Waals surface area contributed by atoms with Gasteiger partial charge in [-0.05, 0) is 74.9 Å². The molecule has 1 spiro atoms. The average molecular weight is 620 g/mol. The molecule has 0 unspecified atom stereocenters. The normalized spacial score (nSPS) is 23.8. The monoisotopic (exact) mass is 619 g/mol. The summed E-state index contributed by atoms with van der Waals surface area (Å²) in [6.07, 6.45) is -0.534. The largest absolute Gasteiger partial charge is 0.416 e. The molecule has 2 aromatic carbocycles. The smallest absolute Gasteiger partial charge is 0.374 e. The molecule has 3 fully saturated rings. The van der Waals surface area contributed by atoms with E-state index in [0.29, 0.717) is 31.4 Å². The topological polar surface area (TPSA) is 43.9 Å². The van der Waals surface area contributed by atoms with E-state index in [0.717, 1.165) is 50.9 Å². The Balaban J connectivity index is 1.20. The van der Waals surface area contributed by atoms with Crippen molar-refractivity contribution in [3.8, 4) is 0 Å². The molecule has 3 heterocycles. The number of hydrogen-bond acceptors (Lipinski definition) is 3. The molecule has 2 amide bonds. The lowest BCUT2D eigenvalue weighted by atomic mass is 9.79. The fraction of sp³-hybridized carbons (Fsp3) is 0.515. The predicted octanol–water partition coefficient (Wildman–Crippen LogP) is 6.79. The Hall–Kier alpha value is -3.50. The molecule has 1 aliphatic carbocycles. The van der Waals surface area contributed by atoms with Crippen molar-refractivity contribution >= 4 is 11.8 Å². The van der Waals surface area contributed by atoms with Crippen molar-refractivity contribution in [2.45, 2.75) is 69.4 Å². The van der Waals surface area contributed by atoms with Gasteiger partial charge in [0.15, 0.2) is 0 Å². The second kappa shape index (κ2) is 11.5. The lowest BCUT2D eigenvalue weighted by molar-refractivity contribution is -0.143. The van der Waals surface area contributed by atoms with Crippen molar-refractivity contribution in [3.05, 3.63) is 83.1 Å². The Bertz CT molecular complexity index is 1380. The number of carbonyl (C=O) groups excluding carboxylic acids is 2. The van der Waals surface area contributed by atoms with Crippen molar-refractivity contribution in [2.24, 2.45) is 11.3 Å². The van der Waals surface area contributed by atoms with Gasteiger partial charge < -0.3 is 14.7 Å². The van der Waals surface area contributed by atoms with Gasteiger partial charge in [-0.3, -0.25) is 9.59 Å². The van der Waals surface area contributed by atoms with E-state index in [2.05, 4.69) is 17.2 Å². The summed E-state index contributed by atoms with van der Waals surface area (Å²) in [5, 5.41) is 0. The minimum absolute atomic E-state index is 0.0335. The van der Waals surface area contributed by atoms with E-state index in [-0.39, 0.29) is 35.9 Å². The number of amides is 2. The Kier molecular flexibility index (Phi) is 7.94. The molecule has 4 aliphatic rings. The number of halogens is 6. The van der Waals surface area contributed by atoms with E-state index in [1.165, 1.54) is 4.90 Å². The lowest BCUT2D eigenvalue weighted by Gasteiger charge is -2.45. The Morgan fingerprint density at radius 1 is 0.841 bits per heavy atom. The SMILES string of the molecule is O=C(C1CC1)N1CCC2(C=CN([C@H]3CCN(C(=O)c4cc(C(F)(F)F)cc(C(F)(F)F)c4)[C@H](Cc4ccccc4)C3)C2)CC1. The van der Waals surface area contributed by atoms with E-state index in [4.69, 9.17) is 0 Å². The Labute approximate surface area is 252 Å². The van der Waals surface area contributed by atoms with Gasteiger partial charge in [0, 0.05) is 55.2 Å². The van der Waals surface area contributed by atoms with Gasteiger partial charge in [0.05, 0.1) is 11.1 Å². The van der Waals surface area contributed by atoms with Crippen LogP contribution in [-0.4, -0.2) is 64.8 Å². The summed E-state index contributed by atoms with van der Waals surface area (Å²) >= 11 is 0. The second-order valence-electron chi connectivity index (χ2n) is 12.8. The van der Waals surface area contributed by atoms with Crippen molar-refractivity contribution in [1.82, 2.24) is 14.7 Å². The van der Waals surface area contributed by atoms with Gasteiger partial charge >= 0.3 is 12.4 Å². The van der Waals surface area contributed by atoms with Gasteiger partial charge in [0.2, 0.25) is 5.91 Å². The quantitative estimate of drug-likeness (QED) is 0.347. The van der Waals surface area contributed by atoms with Crippen molar-refractivity contribution < 1.29 is 35.9 Å². The molecule has 6 rings (SSSR count). The Morgan fingerprint density at radius 2 is 1.48 bits per heavy atom. The predicted molar refractivity (Wildman–Crippen MR) is 151 cm³/mol. The van der Waals surface area contributed by atoms with E-state index < -0.39 is 41.0 Å². The molecule has 2 saturated heterocycles. The van der Waals surface area contributed by atoms with Gasteiger partial charge in [0.1, 0.15) is 0 Å². The molecular formula is C33H35F6N3O2. The number of piperidine rings is 2. The number of carbonyl (C=O) groups is 2. The standard InChI is InChI=1S/C33H35F6N3O2/c34-32(35,36)25-17-24(18-26(19-25)33(37,38)39)30(44)42-12-8-27(20-28(42)16-22-4-2-1-3-5-22)41-15-11-31(21-41)9-13-40(14-10-31)29(43)23-6-7-23/h1-5,11,15,17-19,23,27-28H,6-10,12-14,16,20-21H2/t27-,28+/m0/s1. The molecule has 0 bridgehead atoms. The molecule has 2 aromatic rings. The third-order valence-corrected chi connectivity index (χ3v) is 9.68. The zero-order chi connectivity index (χ0) is 31.3. The molecule has 0 aromatic heterocycles. The first kappa shape index (κ1) is 30.5. The zero-order valence-corrected chi connectivity index (χ0v) is 24.2. The highest BCUT2D eigenvalue weighted by molar-refractivity contribution is 5.95. The number of likely N-dealkylation sites (tertiary alicyclic amines) is 2. The summed E-state index contributed by atoms with van der Waals surface area (Å²) in [6.45, 7) is 2.46. The highest BCUT2D eigenvalue weighted by atomic mass is 19.4. The van der Waals surface area contributed by atoms with Gasteiger partial charge in [-0.25, -0.2) is 0 Å². The van der Waals surface area contributed by atoms with Gasteiger partial charge in [-0.2, -0.15) is 26.3 Å². The fourth-order valence-electron chi connectivity index (χ4n) is 6.98. The van der Waals surface area contributed by atoms with Crippen LogP contribution in [0, 0.1) is 11.3 Å². The van der Waals surface area contributed by atoms with Crippen LogP contribution in [0.4, 0.5) is 26.3 Å². The van der Waals surface area contributed by atoms with Crippen LogP contribution < -0.4 is 0 Å². The minimum Gasteiger partial charge on any atom is -0.374 e. The molecule has 0 N–H and O–H groups in total. The maximum atomic E-state index is 13.7. The minimum atomic E-state index is -5.04. The summed E-state index contributed by atoms with van der Waals surface area (Å²) in [5.74, 6) is -0.366. The van der Waals surface area contributed by atoms with Crippen molar-refractivity contribution in [3.63, 3.8) is 0 Å².